The van der Waals surface area contributed by atoms with Crippen molar-refractivity contribution < 1.29 is 18.0 Å². The Morgan fingerprint density at radius 3 is 2.32 bits per heavy atom. The van der Waals surface area contributed by atoms with Crippen molar-refractivity contribution in [3.8, 4) is 11.1 Å². The summed E-state index contributed by atoms with van der Waals surface area (Å²) in [6, 6.07) is 7.71. The lowest BCUT2D eigenvalue weighted by Crippen LogP contribution is -2.25. The van der Waals surface area contributed by atoms with Crippen molar-refractivity contribution in [2.24, 2.45) is 10.9 Å². The molecule has 0 aliphatic carbocycles. The van der Waals surface area contributed by atoms with E-state index in [-0.39, 0.29) is 11.6 Å². The summed E-state index contributed by atoms with van der Waals surface area (Å²) < 4.78 is 23.7. The SMILES string of the molecule is NCCCNC(=O)c1ccc(-c2ccn(S(N)(=O)=O)c2C(=O)Cl)cc1. The molecule has 1 amide bonds. The van der Waals surface area contributed by atoms with Gasteiger partial charge < -0.3 is 11.1 Å². The lowest BCUT2D eigenvalue weighted by Gasteiger charge is -2.07. The molecule has 5 N–H and O–H groups in total. The third-order valence-electron chi connectivity index (χ3n) is 3.44. The fourth-order valence-corrected chi connectivity index (χ4v) is 3.17. The monoisotopic (exact) mass is 384 g/mol. The Kier molecular flexibility index (Phi) is 5.96. The molecule has 1 aromatic carbocycles. The fourth-order valence-electron chi connectivity index (χ4n) is 2.26. The van der Waals surface area contributed by atoms with Crippen molar-refractivity contribution in [1.29, 1.82) is 0 Å². The van der Waals surface area contributed by atoms with Crippen molar-refractivity contribution >= 4 is 33.0 Å². The van der Waals surface area contributed by atoms with E-state index in [4.69, 9.17) is 22.5 Å². The first-order valence-corrected chi connectivity index (χ1v) is 9.17. The summed E-state index contributed by atoms with van der Waals surface area (Å²) in [5.74, 6) is -0.254. The molecule has 0 saturated carbocycles. The Balaban J connectivity index is 2.33. The van der Waals surface area contributed by atoms with Gasteiger partial charge in [-0.05, 0) is 48.3 Å². The van der Waals surface area contributed by atoms with Gasteiger partial charge in [0.05, 0.1) is 0 Å². The van der Waals surface area contributed by atoms with E-state index in [1.165, 1.54) is 6.07 Å². The number of hydrogen-bond donors (Lipinski definition) is 3. The molecule has 0 unspecified atom stereocenters. The quantitative estimate of drug-likeness (QED) is 0.475. The summed E-state index contributed by atoms with van der Waals surface area (Å²) in [5, 5.41) is 6.83. The molecule has 1 heterocycles. The molecule has 0 fully saturated rings. The van der Waals surface area contributed by atoms with Gasteiger partial charge in [-0.3, -0.25) is 9.59 Å². The molecule has 0 radical (unpaired) electrons. The highest BCUT2D eigenvalue weighted by molar-refractivity contribution is 7.87. The zero-order valence-corrected chi connectivity index (χ0v) is 14.7. The van der Waals surface area contributed by atoms with E-state index in [9.17, 15) is 18.0 Å². The zero-order chi connectivity index (χ0) is 18.6. The maximum absolute atomic E-state index is 12.0. The van der Waals surface area contributed by atoms with E-state index in [2.05, 4.69) is 5.32 Å². The molecular weight excluding hydrogens is 368 g/mol. The van der Waals surface area contributed by atoms with E-state index in [0.29, 0.717) is 40.2 Å². The summed E-state index contributed by atoms with van der Waals surface area (Å²) >= 11 is 5.51. The van der Waals surface area contributed by atoms with Crippen LogP contribution in [0, 0.1) is 0 Å². The van der Waals surface area contributed by atoms with Crippen molar-refractivity contribution in [1.82, 2.24) is 9.29 Å². The summed E-state index contributed by atoms with van der Waals surface area (Å²) in [5.41, 5.74) is 6.34. The first kappa shape index (κ1) is 19.1. The smallest absolute Gasteiger partial charge is 0.303 e. The molecule has 8 nitrogen and oxygen atoms in total. The highest BCUT2D eigenvalue weighted by Crippen LogP contribution is 2.27. The van der Waals surface area contributed by atoms with Gasteiger partial charge >= 0.3 is 10.2 Å². The van der Waals surface area contributed by atoms with Gasteiger partial charge in [-0.1, -0.05) is 12.1 Å². The van der Waals surface area contributed by atoms with Gasteiger partial charge in [0.2, 0.25) is 0 Å². The molecule has 134 valence electrons. The minimum absolute atomic E-state index is 0.254. The molecule has 0 atom stereocenters. The number of nitrogens with zero attached hydrogens (tertiary/aromatic N) is 1. The Morgan fingerprint density at radius 2 is 1.80 bits per heavy atom. The highest BCUT2D eigenvalue weighted by Gasteiger charge is 2.22. The molecule has 0 aliphatic heterocycles. The van der Waals surface area contributed by atoms with Crippen molar-refractivity contribution in [2.45, 2.75) is 6.42 Å². The number of nitrogens with one attached hydrogen (secondary N) is 1. The van der Waals surface area contributed by atoms with Crippen LogP contribution in [-0.2, 0) is 10.2 Å². The van der Waals surface area contributed by atoms with Crippen molar-refractivity contribution in [3.05, 3.63) is 47.8 Å². The molecule has 2 rings (SSSR count). The van der Waals surface area contributed by atoms with E-state index >= 15 is 0 Å². The third kappa shape index (κ3) is 4.45. The maximum atomic E-state index is 12.0. The summed E-state index contributed by atoms with van der Waals surface area (Å²) in [7, 11) is -4.16. The number of aromatic nitrogens is 1. The van der Waals surface area contributed by atoms with Gasteiger partial charge in [0, 0.05) is 23.9 Å². The second-order valence-electron chi connectivity index (χ2n) is 5.17. The normalized spacial score (nSPS) is 11.3. The standard InChI is InChI=1S/C15H17ClN4O4S/c16-14(21)13-12(6-9-20(13)25(18,23)24)10-2-4-11(5-3-10)15(22)19-8-1-7-17/h2-6,9H,1,7-8,17H2,(H,19,22)(H2,18,23,24). The summed E-state index contributed by atoms with van der Waals surface area (Å²) in [6.45, 7) is 0.953. The maximum Gasteiger partial charge on any atom is 0.303 e. The number of amides is 1. The molecule has 0 aliphatic rings. The second-order valence-corrected chi connectivity index (χ2v) is 6.93. The van der Waals surface area contributed by atoms with Crippen LogP contribution in [0.3, 0.4) is 0 Å². The van der Waals surface area contributed by atoms with E-state index < -0.39 is 15.5 Å². The average molecular weight is 385 g/mol. The predicted molar refractivity (Wildman–Crippen MR) is 94.6 cm³/mol. The largest absolute Gasteiger partial charge is 0.352 e. The predicted octanol–water partition coefficient (Wildman–Crippen LogP) is 0.664. The minimum atomic E-state index is -4.16. The first-order chi connectivity index (χ1) is 11.8. The number of nitrogens with two attached hydrogens (primary N) is 2. The number of rotatable bonds is 7. The van der Waals surface area contributed by atoms with Gasteiger partial charge in [0.25, 0.3) is 11.1 Å². The van der Waals surface area contributed by atoms with Crippen LogP contribution in [-0.4, -0.2) is 36.6 Å². The van der Waals surface area contributed by atoms with Gasteiger partial charge in [-0.25, -0.2) is 9.11 Å². The van der Waals surface area contributed by atoms with Crippen molar-refractivity contribution in [2.75, 3.05) is 13.1 Å². The van der Waals surface area contributed by atoms with E-state index in [1.807, 2.05) is 0 Å². The topological polar surface area (TPSA) is 137 Å². The third-order valence-corrected chi connectivity index (χ3v) is 4.47. The van der Waals surface area contributed by atoms with E-state index in [1.54, 1.807) is 24.3 Å². The fraction of sp³-hybridized carbons (Fsp3) is 0.200. The van der Waals surface area contributed by atoms with Gasteiger partial charge in [-0.2, -0.15) is 8.42 Å². The first-order valence-electron chi connectivity index (χ1n) is 7.29. The second kappa shape index (κ2) is 7.79. The Hall–Kier alpha value is -2.20. The lowest BCUT2D eigenvalue weighted by molar-refractivity contribution is 0.0953. The van der Waals surface area contributed by atoms with Crippen LogP contribution >= 0.6 is 11.6 Å². The zero-order valence-electron chi connectivity index (χ0n) is 13.1. The Bertz CT molecular complexity index is 891. The van der Waals surface area contributed by atoms with Crippen LogP contribution in [0.2, 0.25) is 0 Å². The minimum Gasteiger partial charge on any atom is -0.352 e. The number of carbonyl (C=O) groups is 2. The van der Waals surface area contributed by atoms with E-state index in [0.717, 1.165) is 6.20 Å². The van der Waals surface area contributed by atoms with Crippen LogP contribution in [0.5, 0.6) is 0 Å². The Labute approximate surface area is 149 Å². The molecular formula is C15H17ClN4O4S. The lowest BCUT2D eigenvalue weighted by atomic mass is 10.0. The molecule has 0 spiro atoms. The van der Waals surface area contributed by atoms with Gasteiger partial charge in [0.15, 0.2) is 0 Å². The number of hydrogen-bond acceptors (Lipinski definition) is 5. The number of benzene rings is 1. The van der Waals surface area contributed by atoms with Gasteiger partial charge in [-0.15, -0.1) is 0 Å². The molecule has 2 aromatic rings. The van der Waals surface area contributed by atoms with Crippen LogP contribution in [0.1, 0.15) is 27.3 Å². The summed E-state index contributed by atoms with van der Waals surface area (Å²) in [6.07, 6.45) is 1.82. The van der Waals surface area contributed by atoms with Crippen molar-refractivity contribution in [3.63, 3.8) is 0 Å². The Morgan fingerprint density at radius 1 is 1.16 bits per heavy atom. The molecule has 1 aromatic heterocycles. The highest BCUT2D eigenvalue weighted by atomic mass is 35.5. The average Bonchev–Trinajstić information content (AvgIpc) is 3.00. The van der Waals surface area contributed by atoms with Crippen LogP contribution in [0.25, 0.3) is 11.1 Å². The molecule has 25 heavy (non-hydrogen) atoms. The van der Waals surface area contributed by atoms with Crippen LogP contribution < -0.4 is 16.2 Å². The number of carbonyl (C=O) groups excluding carboxylic acids is 2. The van der Waals surface area contributed by atoms with Crippen LogP contribution in [0.15, 0.2) is 36.5 Å². The van der Waals surface area contributed by atoms with Crippen LogP contribution in [0.4, 0.5) is 0 Å². The number of halogens is 1. The molecule has 0 bridgehead atoms. The molecule has 0 saturated heterocycles. The molecule has 10 heteroatoms. The summed E-state index contributed by atoms with van der Waals surface area (Å²) in [4.78, 5) is 23.6. The van der Waals surface area contributed by atoms with Gasteiger partial charge in [0.1, 0.15) is 5.69 Å².